The largest absolute Gasteiger partial charge is 0.489 e. The van der Waals surface area contributed by atoms with E-state index in [1.54, 1.807) is 30.6 Å². The highest BCUT2D eigenvalue weighted by Crippen LogP contribution is 2.30. The summed E-state index contributed by atoms with van der Waals surface area (Å²) >= 11 is 5.80. The lowest BCUT2D eigenvalue weighted by atomic mass is 10.1. The highest BCUT2D eigenvalue weighted by molar-refractivity contribution is 6.28. The molecule has 2 aromatic carbocycles. The SMILES string of the molecule is N#Cc1cc(-c2ccnc(Cc3ccc(N4CCC(N5CCOCC5)C4)nn3)n2)ccc1OC1CCOCC1.N#Cc1cc(-c2ccnc(Cl)n2)ccc1OC1CCOCC1.Nc1ccc(N2CCC(N3CCOCC3)C2)nn1. The van der Waals surface area contributed by atoms with Crippen LogP contribution < -0.4 is 25.0 Å². The number of ether oxygens (including phenoxy) is 6. The maximum Gasteiger partial charge on any atom is 0.222 e. The van der Waals surface area contributed by atoms with Crippen molar-refractivity contribution in [3.05, 3.63) is 113 Å². The number of nitrogens with zero attached hydrogens (tertiary/aromatic N) is 14. The van der Waals surface area contributed by atoms with Gasteiger partial charge in [-0.1, -0.05) is 0 Å². The predicted molar refractivity (Wildman–Crippen MR) is 296 cm³/mol. The van der Waals surface area contributed by atoms with Crippen molar-refractivity contribution < 1.29 is 28.4 Å². The van der Waals surface area contributed by atoms with Gasteiger partial charge in [0, 0.05) is 114 Å². The van der Waals surface area contributed by atoms with Crippen molar-refractivity contribution in [2.24, 2.45) is 0 Å². The maximum atomic E-state index is 9.74. The summed E-state index contributed by atoms with van der Waals surface area (Å²) in [5, 5.41) is 36.3. The zero-order valence-corrected chi connectivity index (χ0v) is 45.1. The van der Waals surface area contributed by atoms with E-state index in [4.69, 9.17) is 50.7 Å². The minimum absolute atomic E-state index is 0.0755. The molecule has 21 nitrogen and oxygen atoms in total. The number of hydrogen-bond acceptors (Lipinski definition) is 21. The molecule has 0 amide bonds. The van der Waals surface area contributed by atoms with E-state index in [-0.39, 0.29) is 17.5 Å². The summed E-state index contributed by atoms with van der Waals surface area (Å²) in [7, 11) is 0. The van der Waals surface area contributed by atoms with Gasteiger partial charge in [-0.25, -0.2) is 19.9 Å². The molecule has 4 aromatic heterocycles. The average molecular weight is 1090 g/mol. The number of halogens is 1. The molecule has 0 radical (unpaired) electrons. The van der Waals surface area contributed by atoms with E-state index < -0.39 is 0 Å². The molecule has 2 unspecified atom stereocenters. The van der Waals surface area contributed by atoms with Crippen LogP contribution in [0.15, 0.2) is 85.2 Å². The summed E-state index contributed by atoms with van der Waals surface area (Å²) in [5.74, 6) is 4.17. The summed E-state index contributed by atoms with van der Waals surface area (Å²) in [5.41, 5.74) is 10.4. The number of aromatic nitrogens is 8. The summed E-state index contributed by atoms with van der Waals surface area (Å²) < 4.78 is 33.6. The standard InChI is InChI=1S/C29H33N7O3.C16H14ClN3O2.C12H19N5O/c30-19-22-17-21(1-3-27(22)39-25-7-13-37-14-8-25)26-5-9-31-28(32-26)18-23-2-4-29(34-33-23)36-10-6-24(20-36)35-11-15-38-16-12-35;17-16-19-6-3-14(20-16)11-1-2-15(12(9-11)10-18)22-13-4-7-21-8-5-13;13-11-1-2-12(15-14-11)17-4-3-10(9-17)16-5-7-18-8-6-16/h1-5,9,17,24-25H,6-8,10-16,18,20H2;1-3,6,9,13H,4-5,7-8H2;1-2,10H,3-9H2,(H2,13,14). The quantitative estimate of drug-likeness (QED) is 0.137. The van der Waals surface area contributed by atoms with Crippen molar-refractivity contribution in [1.82, 2.24) is 50.1 Å². The van der Waals surface area contributed by atoms with Crippen LogP contribution in [0.4, 0.5) is 17.5 Å². The van der Waals surface area contributed by atoms with E-state index in [2.05, 4.69) is 67.1 Å². The normalized spacial score (nSPS) is 20.2. The summed E-state index contributed by atoms with van der Waals surface area (Å²) in [6.07, 6.45) is 9.66. The monoisotopic (exact) mass is 1090 g/mol. The third-order valence-electron chi connectivity index (χ3n) is 14.9. The molecule has 412 valence electrons. The Morgan fingerprint density at radius 1 is 0.544 bits per heavy atom. The van der Waals surface area contributed by atoms with E-state index in [9.17, 15) is 10.5 Å². The first-order chi connectivity index (χ1) is 38.8. The van der Waals surface area contributed by atoms with Crippen LogP contribution >= 0.6 is 11.6 Å². The summed E-state index contributed by atoms with van der Waals surface area (Å²) in [6, 6.07) is 28.1. The van der Waals surface area contributed by atoms with Gasteiger partial charge in [-0.05, 0) is 97.2 Å². The second-order valence-electron chi connectivity index (χ2n) is 20.0. The van der Waals surface area contributed by atoms with Crippen LogP contribution in [-0.2, 0) is 25.4 Å². The van der Waals surface area contributed by atoms with Gasteiger partial charge < -0.3 is 44.0 Å². The lowest BCUT2D eigenvalue weighted by molar-refractivity contribution is 0.0209. The number of benzene rings is 2. The van der Waals surface area contributed by atoms with Crippen LogP contribution in [0.3, 0.4) is 0 Å². The third kappa shape index (κ3) is 15.1. The molecule has 2 atom stereocenters. The highest BCUT2D eigenvalue weighted by Gasteiger charge is 2.31. The van der Waals surface area contributed by atoms with E-state index in [1.807, 2.05) is 54.6 Å². The van der Waals surface area contributed by atoms with E-state index in [0.29, 0.717) is 84.9 Å². The molecule has 6 aliphatic heterocycles. The number of rotatable bonds is 12. The Kier molecular flexibility index (Phi) is 19.2. The Bertz CT molecular complexity index is 3000. The number of nitriles is 2. The van der Waals surface area contributed by atoms with Crippen LogP contribution in [0, 0.1) is 22.7 Å². The fourth-order valence-electron chi connectivity index (χ4n) is 10.5. The van der Waals surface area contributed by atoms with Gasteiger partial charge in [-0.2, -0.15) is 15.6 Å². The van der Waals surface area contributed by atoms with Crippen LogP contribution in [0.25, 0.3) is 22.5 Å². The first-order valence-electron chi connectivity index (χ1n) is 27.3. The molecular weight excluding hydrogens is 1030 g/mol. The Morgan fingerprint density at radius 3 is 1.52 bits per heavy atom. The molecule has 12 rings (SSSR count). The number of hydrogen-bond donors (Lipinski definition) is 1. The van der Waals surface area contributed by atoms with E-state index >= 15 is 0 Å². The van der Waals surface area contributed by atoms with Gasteiger partial charge in [-0.3, -0.25) is 9.80 Å². The number of nitrogens with two attached hydrogens (primary N) is 1. The minimum atomic E-state index is 0.0755. The summed E-state index contributed by atoms with van der Waals surface area (Å²) in [6.45, 7) is 14.3. The van der Waals surface area contributed by atoms with Crippen molar-refractivity contribution in [3.63, 3.8) is 0 Å². The fourth-order valence-corrected chi connectivity index (χ4v) is 10.7. The van der Waals surface area contributed by atoms with Crippen molar-refractivity contribution in [1.29, 1.82) is 10.5 Å². The van der Waals surface area contributed by atoms with Gasteiger partial charge in [0.2, 0.25) is 5.28 Å². The van der Waals surface area contributed by atoms with E-state index in [0.717, 1.165) is 145 Å². The maximum absolute atomic E-state index is 9.74. The molecule has 6 aliphatic rings. The molecule has 6 fully saturated rings. The molecule has 0 bridgehead atoms. The zero-order valence-electron chi connectivity index (χ0n) is 44.3. The Labute approximate surface area is 465 Å². The zero-order chi connectivity index (χ0) is 54.2. The fraction of sp³-hybridized carbons (Fsp3) is 0.474. The van der Waals surface area contributed by atoms with Gasteiger partial charge in [0.1, 0.15) is 47.5 Å². The second-order valence-corrected chi connectivity index (χ2v) is 20.4. The molecule has 6 saturated heterocycles. The number of anilines is 3. The predicted octanol–water partition coefficient (Wildman–Crippen LogP) is 6.06. The average Bonchev–Trinajstić information content (AvgIpc) is 4.24. The molecule has 22 heteroatoms. The first-order valence-corrected chi connectivity index (χ1v) is 27.7. The highest BCUT2D eigenvalue weighted by atomic mass is 35.5. The Hall–Kier alpha value is -7.21. The molecule has 0 saturated carbocycles. The van der Waals surface area contributed by atoms with Gasteiger partial charge >= 0.3 is 0 Å². The second kappa shape index (κ2) is 27.6. The van der Waals surface area contributed by atoms with Crippen LogP contribution in [0.1, 0.15) is 61.2 Å². The summed E-state index contributed by atoms with van der Waals surface area (Å²) in [4.78, 5) is 26.9. The van der Waals surface area contributed by atoms with Crippen molar-refractivity contribution >= 4 is 29.1 Å². The van der Waals surface area contributed by atoms with Crippen LogP contribution in [0.5, 0.6) is 11.5 Å². The molecular formula is C57H66ClN15O6. The van der Waals surface area contributed by atoms with Gasteiger partial charge in [-0.15, -0.1) is 15.3 Å². The smallest absolute Gasteiger partial charge is 0.222 e. The topological polar surface area (TPSA) is 245 Å². The Morgan fingerprint density at radius 2 is 1.04 bits per heavy atom. The lowest BCUT2D eigenvalue weighted by Crippen LogP contribution is -2.44. The minimum Gasteiger partial charge on any atom is -0.489 e. The lowest BCUT2D eigenvalue weighted by Gasteiger charge is -2.32. The van der Waals surface area contributed by atoms with Crippen molar-refractivity contribution in [3.8, 4) is 46.2 Å². The molecule has 79 heavy (non-hydrogen) atoms. The Balaban J connectivity index is 0.000000148. The van der Waals surface area contributed by atoms with Crippen LogP contribution in [-0.4, -0.2) is 180 Å². The number of morpholine rings is 2. The third-order valence-corrected chi connectivity index (χ3v) is 15.0. The molecule has 10 heterocycles. The van der Waals surface area contributed by atoms with Gasteiger partial charge in [0.15, 0.2) is 11.6 Å². The van der Waals surface area contributed by atoms with E-state index in [1.165, 1.54) is 6.42 Å². The first kappa shape index (κ1) is 55.1. The van der Waals surface area contributed by atoms with Crippen molar-refractivity contribution in [2.75, 3.05) is 121 Å². The van der Waals surface area contributed by atoms with Crippen LogP contribution in [0.2, 0.25) is 5.28 Å². The van der Waals surface area contributed by atoms with Gasteiger partial charge in [0.05, 0.1) is 87.5 Å². The molecule has 0 aliphatic carbocycles. The molecule has 2 N–H and O–H groups in total. The molecule has 6 aromatic rings. The van der Waals surface area contributed by atoms with Gasteiger partial charge in [0.25, 0.3) is 0 Å². The number of nitrogen functional groups attached to an aromatic ring is 1. The van der Waals surface area contributed by atoms with Crippen molar-refractivity contribution in [2.45, 2.75) is 69.2 Å². The molecule has 0 spiro atoms.